The zero-order valence-electron chi connectivity index (χ0n) is 39.3. The number of hydrogen-bond acceptors (Lipinski definition) is 6. The minimum absolute atomic E-state index is 0. The van der Waals surface area contributed by atoms with Gasteiger partial charge in [-0.3, -0.25) is 0 Å². The van der Waals surface area contributed by atoms with Gasteiger partial charge in [0, 0.05) is 32.2 Å². The Labute approximate surface area is 427 Å². The molecule has 344 valence electrons. The molecule has 2 aliphatic heterocycles. The zero-order chi connectivity index (χ0) is 46.6. The largest absolute Gasteiger partial charge is 0 e. The molecule has 0 bridgehead atoms. The van der Waals surface area contributed by atoms with E-state index in [0.717, 1.165) is 62.3 Å². The molecule has 0 saturated carbocycles. The van der Waals surface area contributed by atoms with Crippen molar-refractivity contribution in [2.24, 2.45) is 0 Å². The van der Waals surface area contributed by atoms with Gasteiger partial charge < -0.3 is 0 Å². The van der Waals surface area contributed by atoms with Crippen LogP contribution >= 0.6 is 0 Å². The molecule has 0 aliphatic carbocycles. The van der Waals surface area contributed by atoms with Crippen molar-refractivity contribution in [3.8, 4) is 44.9 Å². The maximum Gasteiger partial charge on any atom is 0 e. The molecular weight excluding hydrogens is 1090 g/mol. The smallest absolute Gasteiger partial charge is 0 e. The normalized spacial score (nSPS) is 13.0. The third-order valence-electron chi connectivity index (χ3n) is 12.5. The molecule has 0 spiro atoms. The first kappa shape index (κ1) is 46.0. The molecule has 2 aliphatic rings. The summed E-state index contributed by atoms with van der Waals surface area (Å²) >= 11 is -0.0413. The molecule has 0 fully saturated rings. The van der Waals surface area contributed by atoms with Gasteiger partial charge in [0.05, 0.1) is 0 Å². The van der Waals surface area contributed by atoms with E-state index in [1.807, 2.05) is 36.7 Å². The maximum absolute atomic E-state index is 6.74. The molecule has 6 nitrogen and oxygen atoms in total. The standard InChI is InChI=1S/C61H50N5OSe.Pt/c1-60(2,3)45-31-32-62-57(36-45)66-54-38-49(29-30-55(54)68-56-33-44(39-63-59(56)66)41-19-10-7-11-20-41)67-48-26-18-25-47(37-48)64-40-65(53-28-17-16-27-52(53)64)58-50(42-21-12-8-13-22-42)34-46(61(4,5)6)35-51(58)43-23-14-9-15-24-43;/h7-36,39-40H,1-6H3;/q-3;. The summed E-state index contributed by atoms with van der Waals surface area (Å²) in [5.74, 6) is 2.83. The molecule has 2 aromatic heterocycles. The number of anilines is 7. The summed E-state index contributed by atoms with van der Waals surface area (Å²) in [7, 11) is 0. The van der Waals surface area contributed by atoms with Crippen molar-refractivity contribution in [2.45, 2.75) is 52.4 Å². The molecular formula is C61H50N5OPtSe-3. The van der Waals surface area contributed by atoms with E-state index in [1.54, 1.807) is 0 Å². The van der Waals surface area contributed by atoms with E-state index in [1.165, 1.54) is 31.2 Å². The van der Waals surface area contributed by atoms with Gasteiger partial charge in [-0.05, 0) is 34.2 Å². The first-order valence-corrected chi connectivity index (χ1v) is 24.8. The third kappa shape index (κ3) is 9.04. The molecule has 0 atom stereocenters. The van der Waals surface area contributed by atoms with Crippen molar-refractivity contribution >= 4 is 64.0 Å². The average molecular weight is 1140 g/mol. The Balaban J connectivity index is 0.00000553. The van der Waals surface area contributed by atoms with Gasteiger partial charge in [-0.2, -0.15) is 0 Å². The molecule has 4 heterocycles. The second-order valence-corrected chi connectivity index (χ2v) is 21.6. The number of pyridine rings is 2. The van der Waals surface area contributed by atoms with Crippen LogP contribution in [0.5, 0.6) is 11.5 Å². The van der Waals surface area contributed by atoms with Crippen LogP contribution in [0.15, 0.2) is 188 Å². The van der Waals surface area contributed by atoms with E-state index >= 15 is 0 Å². The predicted molar refractivity (Wildman–Crippen MR) is 281 cm³/mol. The van der Waals surface area contributed by atoms with Crippen LogP contribution in [0.25, 0.3) is 33.4 Å². The van der Waals surface area contributed by atoms with Crippen molar-refractivity contribution in [1.29, 1.82) is 0 Å². The monoisotopic (exact) mass is 1140 g/mol. The van der Waals surface area contributed by atoms with Crippen molar-refractivity contribution < 1.29 is 25.8 Å². The van der Waals surface area contributed by atoms with Crippen LogP contribution in [-0.4, -0.2) is 24.9 Å². The van der Waals surface area contributed by atoms with E-state index in [2.05, 4.69) is 227 Å². The van der Waals surface area contributed by atoms with E-state index < -0.39 is 0 Å². The molecule has 0 radical (unpaired) electrons. The Morgan fingerprint density at radius 3 is 1.75 bits per heavy atom. The number of para-hydroxylation sites is 2. The predicted octanol–water partition coefficient (Wildman–Crippen LogP) is 14.3. The molecule has 69 heavy (non-hydrogen) atoms. The van der Waals surface area contributed by atoms with E-state index in [4.69, 9.17) is 14.7 Å². The molecule has 0 saturated heterocycles. The second kappa shape index (κ2) is 18.6. The van der Waals surface area contributed by atoms with Gasteiger partial charge in [0.2, 0.25) is 0 Å². The van der Waals surface area contributed by atoms with Gasteiger partial charge >= 0.3 is 276 Å². The summed E-state index contributed by atoms with van der Waals surface area (Å²) in [6.45, 7) is 15.7. The zero-order valence-corrected chi connectivity index (χ0v) is 43.3. The average Bonchev–Trinajstić information content (AvgIpc) is 3.75. The third-order valence-corrected chi connectivity index (χ3v) is 14.8. The fraction of sp³-hybridized carbons (Fsp3) is 0.131. The number of nitrogens with zero attached hydrogens (tertiary/aromatic N) is 5. The number of rotatable bonds is 8. The summed E-state index contributed by atoms with van der Waals surface area (Å²) in [5.41, 5.74) is 14.2. The van der Waals surface area contributed by atoms with Crippen molar-refractivity contribution in [3.63, 3.8) is 0 Å². The van der Waals surface area contributed by atoms with Crippen molar-refractivity contribution in [1.82, 2.24) is 9.97 Å². The Kier molecular flexibility index (Phi) is 12.4. The van der Waals surface area contributed by atoms with E-state index in [9.17, 15) is 0 Å². The molecule has 0 N–H and O–H groups in total. The number of aromatic nitrogens is 2. The first-order chi connectivity index (χ1) is 33.0. The minimum Gasteiger partial charge on any atom is 0 e. The van der Waals surface area contributed by atoms with Gasteiger partial charge in [-0.1, -0.05) is 87.5 Å². The van der Waals surface area contributed by atoms with E-state index in [0.29, 0.717) is 11.5 Å². The van der Waals surface area contributed by atoms with Crippen LogP contribution < -0.4 is 28.4 Å². The summed E-state index contributed by atoms with van der Waals surface area (Å²) in [4.78, 5) is 16.8. The number of hydrogen-bond donors (Lipinski definition) is 0. The molecule has 9 aromatic rings. The Morgan fingerprint density at radius 2 is 1.12 bits per heavy atom. The fourth-order valence-corrected chi connectivity index (χ4v) is 11.1. The Morgan fingerprint density at radius 1 is 0.522 bits per heavy atom. The maximum atomic E-state index is 6.74. The molecule has 0 amide bonds. The van der Waals surface area contributed by atoms with Crippen molar-refractivity contribution in [2.75, 3.05) is 14.7 Å². The van der Waals surface area contributed by atoms with Crippen LogP contribution in [0, 0.1) is 18.8 Å². The summed E-state index contributed by atoms with van der Waals surface area (Å²) in [6, 6.07) is 69.4. The van der Waals surface area contributed by atoms with Crippen LogP contribution in [0.2, 0.25) is 0 Å². The van der Waals surface area contributed by atoms with Gasteiger partial charge in [-0.15, -0.1) is 0 Å². The van der Waals surface area contributed by atoms with Crippen LogP contribution in [0.1, 0.15) is 52.7 Å². The van der Waals surface area contributed by atoms with E-state index in [-0.39, 0.29) is 46.9 Å². The van der Waals surface area contributed by atoms with Crippen LogP contribution in [0.4, 0.5) is 40.1 Å². The fourth-order valence-electron chi connectivity index (χ4n) is 8.92. The van der Waals surface area contributed by atoms with Gasteiger partial charge in [0.15, 0.2) is 0 Å². The SMILES string of the molecule is CC(C)(C)c1ccnc(N2c3[c-]c(Oc4[c-]c(N5[CH-]N(c6c(-c7ccccc7)cc(C(C)(C)C)cc6-c6ccccc6)c6ccccc65)ccc4)ccc3[Se]c3cc(-c4ccccc4)cnc32)c1.[Pt]. The number of ether oxygens (including phenoxy) is 1. The molecule has 7 aromatic carbocycles. The van der Waals surface area contributed by atoms with Crippen LogP contribution in [-0.2, 0) is 31.9 Å². The molecule has 8 heteroatoms. The molecule has 11 rings (SSSR count). The van der Waals surface area contributed by atoms with Gasteiger partial charge in [0.1, 0.15) is 0 Å². The summed E-state index contributed by atoms with van der Waals surface area (Å²) in [5, 5.41) is 0. The number of fused-ring (bicyclic) bond motifs is 3. The van der Waals surface area contributed by atoms with Gasteiger partial charge in [-0.25, -0.2) is 0 Å². The Bertz CT molecular complexity index is 3250. The summed E-state index contributed by atoms with van der Waals surface area (Å²) < 4.78 is 9.10. The van der Waals surface area contributed by atoms with Crippen LogP contribution in [0.3, 0.4) is 0 Å². The van der Waals surface area contributed by atoms with Gasteiger partial charge in [0.25, 0.3) is 0 Å². The minimum atomic E-state index is -0.0729. The molecule has 0 unspecified atom stereocenters. The summed E-state index contributed by atoms with van der Waals surface area (Å²) in [6.07, 6.45) is 3.87. The quantitative estimate of drug-likeness (QED) is 0.112. The first-order valence-electron chi connectivity index (χ1n) is 23.0. The topological polar surface area (TPSA) is 44.7 Å². The number of benzene rings is 7. The Hall–Kier alpha value is -6.75. The second-order valence-electron chi connectivity index (χ2n) is 19.3. The van der Waals surface area contributed by atoms with Crippen molar-refractivity contribution in [3.05, 3.63) is 218 Å².